The largest absolute Gasteiger partial charge is 0.348 e. The normalized spacial score (nSPS) is 13.0. The molecule has 1 unspecified atom stereocenters. The fraction of sp³-hybridized carbons (Fsp3) is 0.316. The van der Waals surface area contributed by atoms with Gasteiger partial charge in [-0.1, -0.05) is 30.7 Å². The summed E-state index contributed by atoms with van der Waals surface area (Å²) in [5.74, 6) is -1.29. The smallest absolute Gasteiger partial charge is 0.241 e. The summed E-state index contributed by atoms with van der Waals surface area (Å²) < 4.78 is 61.8. The van der Waals surface area contributed by atoms with Crippen molar-refractivity contribution in [1.82, 2.24) is 5.32 Å². The Kier molecular flexibility index (Phi) is 7.49. The summed E-state index contributed by atoms with van der Waals surface area (Å²) in [7, 11) is -7.19. The first-order chi connectivity index (χ1) is 13.8. The van der Waals surface area contributed by atoms with Gasteiger partial charge < -0.3 is 5.32 Å². The van der Waals surface area contributed by atoms with E-state index in [0.29, 0.717) is 12.0 Å². The number of rotatable bonds is 8. The van der Waals surface area contributed by atoms with Crippen LogP contribution in [-0.2, 0) is 24.7 Å². The van der Waals surface area contributed by atoms with Crippen LogP contribution in [0.1, 0.15) is 24.9 Å². The molecule has 1 amide bonds. The van der Waals surface area contributed by atoms with E-state index in [1.54, 1.807) is 12.1 Å². The number of benzene rings is 2. The number of hydrogen-bond donors (Lipinski definition) is 1. The van der Waals surface area contributed by atoms with Gasteiger partial charge in [-0.3, -0.25) is 9.10 Å². The lowest BCUT2D eigenvalue weighted by atomic mass is 10.0. The average Bonchev–Trinajstić information content (AvgIpc) is 2.65. The minimum absolute atomic E-state index is 0.0598. The highest BCUT2D eigenvalue weighted by molar-refractivity contribution is 7.92. The molecule has 0 aliphatic heterocycles. The van der Waals surface area contributed by atoms with Crippen molar-refractivity contribution in [2.75, 3.05) is 23.4 Å². The lowest BCUT2D eigenvalue weighted by Crippen LogP contribution is -2.41. The van der Waals surface area contributed by atoms with E-state index >= 15 is 0 Å². The fourth-order valence-electron chi connectivity index (χ4n) is 2.78. The van der Waals surface area contributed by atoms with Gasteiger partial charge in [0.1, 0.15) is 12.4 Å². The van der Waals surface area contributed by atoms with Crippen LogP contribution < -0.4 is 9.62 Å². The molecule has 0 fully saturated rings. The monoisotopic (exact) mass is 476 g/mol. The minimum atomic E-state index is -3.85. The summed E-state index contributed by atoms with van der Waals surface area (Å²) in [6, 6.07) is 9.00. The van der Waals surface area contributed by atoms with E-state index < -0.39 is 44.2 Å². The average molecular weight is 477 g/mol. The van der Waals surface area contributed by atoms with E-state index in [-0.39, 0.29) is 15.6 Å². The molecule has 0 saturated carbocycles. The SMILES string of the molecule is CCC(NC(=O)CN(c1ccc(F)c(Cl)c1)S(C)(=O)=O)c1ccc(S(C)(=O)=O)cc1. The number of nitrogens with zero attached hydrogens (tertiary/aromatic N) is 1. The molecule has 0 radical (unpaired) electrons. The summed E-state index contributed by atoms with van der Waals surface area (Å²) >= 11 is 5.74. The van der Waals surface area contributed by atoms with Crippen LogP contribution in [0.2, 0.25) is 5.02 Å². The first-order valence-corrected chi connectivity index (χ1v) is 13.0. The van der Waals surface area contributed by atoms with Crippen molar-refractivity contribution in [2.24, 2.45) is 0 Å². The van der Waals surface area contributed by atoms with Crippen LogP contribution in [0.4, 0.5) is 10.1 Å². The van der Waals surface area contributed by atoms with E-state index in [1.807, 2.05) is 6.92 Å². The Balaban J connectivity index is 2.21. The summed E-state index contributed by atoms with van der Waals surface area (Å²) in [4.78, 5) is 12.7. The molecular formula is C19H22ClFN2O5S2. The Morgan fingerprint density at radius 1 is 1.10 bits per heavy atom. The maximum Gasteiger partial charge on any atom is 0.241 e. The van der Waals surface area contributed by atoms with Crippen LogP contribution in [0.5, 0.6) is 0 Å². The highest BCUT2D eigenvalue weighted by Crippen LogP contribution is 2.25. The van der Waals surface area contributed by atoms with Crippen molar-refractivity contribution < 1.29 is 26.0 Å². The molecule has 0 saturated heterocycles. The molecule has 2 aromatic rings. The number of carbonyl (C=O) groups excluding carboxylic acids is 1. The molecule has 0 aliphatic rings. The molecular weight excluding hydrogens is 455 g/mol. The van der Waals surface area contributed by atoms with Gasteiger partial charge >= 0.3 is 0 Å². The Bertz CT molecular complexity index is 1140. The number of nitrogens with one attached hydrogen (secondary N) is 1. The van der Waals surface area contributed by atoms with E-state index in [1.165, 1.54) is 18.2 Å². The maximum absolute atomic E-state index is 13.4. The zero-order valence-electron chi connectivity index (χ0n) is 16.6. The third-order valence-corrected chi connectivity index (χ3v) is 6.89. The van der Waals surface area contributed by atoms with Crippen molar-refractivity contribution in [3.05, 3.63) is 58.9 Å². The third-order valence-electron chi connectivity index (χ3n) is 4.33. The quantitative estimate of drug-likeness (QED) is 0.631. The van der Waals surface area contributed by atoms with Gasteiger partial charge in [0.25, 0.3) is 0 Å². The van der Waals surface area contributed by atoms with E-state index in [9.17, 15) is 26.0 Å². The van der Waals surface area contributed by atoms with E-state index in [4.69, 9.17) is 11.6 Å². The van der Waals surface area contributed by atoms with Gasteiger partial charge in [-0.15, -0.1) is 0 Å². The van der Waals surface area contributed by atoms with Crippen LogP contribution >= 0.6 is 11.6 Å². The molecule has 0 spiro atoms. The van der Waals surface area contributed by atoms with Gasteiger partial charge in [0.05, 0.1) is 27.9 Å². The van der Waals surface area contributed by atoms with Gasteiger partial charge in [-0.05, 0) is 42.3 Å². The number of sulfone groups is 1. The van der Waals surface area contributed by atoms with Crippen LogP contribution in [0, 0.1) is 5.82 Å². The Morgan fingerprint density at radius 3 is 2.17 bits per heavy atom. The van der Waals surface area contributed by atoms with Crippen molar-refractivity contribution in [3.63, 3.8) is 0 Å². The van der Waals surface area contributed by atoms with Crippen molar-refractivity contribution in [2.45, 2.75) is 24.3 Å². The number of amides is 1. The summed E-state index contributed by atoms with van der Waals surface area (Å²) in [6.07, 6.45) is 2.52. The Hall–Kier alpha value is -2.17. The van der Waals surface area contributed by atoms with Crippen LogP contribution in [0.25, 0.3) is 0 Å². The highest BCUT2D eigenvalue weighted by atomic mass is 35.5. The molecule has 1 N–H and O–H groups in total. The summed E-state index contributed by atoms with van der Waals surface area (Å²) in [5, 5.41) is 2.47. The second-order valence-corrected chi connectivity index (χ2v) is 11.1. The molecule has 164 valence electrons. The van der Waals surface area contributed by atoms with Gasteiger partial charge in [0, 0.05) is 6.26 Å². The number of carbonyl (C=O) groups is 1. The minimum Gasteiger partial charge on any atom is -0.348 e. The van der Waals surface area contributed by atoms with Gasteiger partial charge in [0.15, 0.2) is 9.84 Å². The Labute approximate surface area is 180 Å². The first kappa shape index (κ1) is 24.1. The summed E-state index contributed by atoms with van der Waals surface area (Å²) in [5.41, 5.74) is 0.735. The third kappa shape index (κ3) is 6.16. The lowest BCUT2D eigenvalue weighted by Gasteiger charge is -2.24. The van der Waals surface area contributed by atoms with E-state index in [0.717, 1.165) is 28.9 Å². The van der Waals surface area contributed by atoms with Crippen LogP contribution in [0.3, 0.4) is 0 Å². The molecule has 0 aliphatic carbocycles. The van der Waals surface area contributed by atoms with Gasteiger partial charge in [-0.2, -0.15) is 0 Å². The predicted octanol–water partition coefficient (Wildman–Crippen LogP) is 2.92. The summed E-state index contributed by atoms with van der Waals surface area (Å²) in [6.45, 7) is 1.29. The predicted molar refractivity (Wildman–Crippen MR) is 114 cm³/mol. The molecule has 0 heterocycles. The highest BCUT2D eigenvalue weighted by Gasteiger charge is 2.23. The number of sulfonamides is 1. The van der Waals surface area contributed by atoms with Gasteiger partial charge in [0.2, 0.25) is 15.9 Å². The number of halogens is 2. The standard InChI is InChI=1S/C19H22ClFN2O5S2/c1-4-18(13-5-8-15(9-6-13)29(2,25)26)22-19(24)12-23(30(3,27)28)14-7-10-17(21)16(20)11-14/h5-11,18H,4,12H2,1-3H3,(H,22,24). The molecule has 0 aromatic heterocycles. The number of hydrogen-bond acceptors (Lipinski definition) is 5. The fourth-order valence-corrected chi connectivity index (χ4v) is 4.43. The molecule has 1 atom stereocenters. The second kappa shape index (κ2) is 9.32. The Morgan fingerprint density at radius 2 is 1.70 bits per heavy atom. The van der Waals surface area contributed by atoms with Gasteiger partial charge in [-0.25, -0.2) is 21.2 Å². The zero-order chi connectivity index (χ0) is 22.7. The molecule has 11 heteroatoms. The van der Waals surface area contributed by atoms with Crippen molar-refractivity contribution in [3.8, 4) is 0 Å². The van der Waals surface area contributed by atoms with Crippen LogP contribution in [-0.4, -0.2) is 41.8 Å². The zero-order valence-corrected chi connectivity index (χ0v) is 19.0. The maximum atomic E-state index is 13.4. The molecule has 30 heavy (non-hydrogen) atoms. The second-order valence-electron chi connectivity index (χ2n) is 6.74. The van der Waals surface area contributed by atoms with Crippen LogP contribution in [0.15, 0.2) is 47.4 Å². The topological polar surface area (TPSA) is 101 Å². The van der Waals surface area contributed by atoms with Crippen molar-refractivity contribution in [1.29, 1.82) is 0 Å². The molecule has 7 nitrogen and oxygen atoms in total. The first-order valence-electron chi connectivity index (χ1n) is 8.85. The van der Waals surface area contributed by atoms with Crippen molar-refractivity contribution >= 4 is 43.1 Å². The molecule has 2 rings (SSSR count). The molecule has 0 bridgehead atoms. The number of anilines is 1. The lowest BCUT2D eigenvalue weighted by molar-refractivity contribution is -0.120. The molecule has 2 aromatic carbocycles. The van der Waals surface area contributed by atoms with E-state index in [2.05, 4.69) is 5.32 Å².